The van der Waals surface area contributed by atoms with Gasteiger partial charge in [-0.2, -0.15) is 0 Å². The smallest absolute Gasteiger partial charge is 0.115 e. The Morgan fingerprint density at radius 3 is 2.36 bits per heavy atom. The van der Waals surface area contributed by atoms with E-state index in [1.165, 1.54) is 88.3 Å². The van der Waals surface area contributed by atoms with Crippen molar-refractivity contribution >= 4 is 0 Å². The molecule has 0 amide bonds. The molecule has 2 rings (SSSR count). The van der Waals surface area contributed by atoms with Crippen LogP contribution in [0, 0.1) is 0 Å². The summed E-state index contributed by atoms with van der Waals surface area (Å²) in [6.07, 6.45) is 20.0. The molecular formula is C20H34N2. The molecule has 2 unspecified atom stereocenters. The van der Waals surface area contributed by atoms with Gasteiger partial charge in [0.05, 0.1) is 5.69 Å². The minimum absolute atomic E-state index is 0.662. The molecule has 0 saturated heterocycles. The normalized spacial score (nSPS) is 23.5. The van der Waals surface area contributed by atoms with Crippen LogP contribution in [0.2, 0.25) is 0 Å². The van der Waals surface area contributed by atoms with Gasteiger partial charge in [0.25, 0.3) is 0 Å². The number of hydrogen-bond donors (Lipinski definition) is 0. The lowest BCUT2D eigenvalue weighted by Crippen LogP contribution is -2.10. The highest BCUT2D eigenvalue weighted by Crippen LogP contribution is 2.36. The van der Waals surface area contributed by atoms with Gasteiger partial charge in [-0.05, 0) is 37.2 Å². The highest BCUT2D eigenvalue weighted by atomic mass is 14.8. The van der Waals surface area contributed by atoms with Gasteiger partial charge in [-0.1, -0.05) is 65.2 Å². The second-order valence-corrected chi connectivity index (χ2v) is 7.03. The summed E-state index contributed by atoms with van der Waals surface area (Å²) >= 11 is 0. The van der Waals surface area contributed by atoms with E-state index in [4.69, 9.17) is 4.98 Å². The Bertz CT molecular complexity index is 416. The number of aromatic nitrogens is 2. The highest BCUT2D eigenvalue weighted by Gasteiger charge is 2.22. The summed E-state index contributed by atoms with van der Waals surface area (Å²) in [5.74, 6) is 1.35. The quantitative estimate of drug-likeness (QED) is 0.630. The zero-order valence-electron chi connectivity index (χ0n) is 14.7. The first-order chi connectivity index (χ1) is 10.9. The van der Waals surface area contributed by atoms with E-state index < -0.39 is 0 Å². The van der Waals surface area contributed by atoms with E-state index in [9.17, 15) is 0 Å². The molecular weight excluding hydrogens is 268 g/mol. The Labute approximate surface area is 137 Å². The molecule has 22 heavy (non-hydrogen) atoms. The number of fused-ring (bicyclic) bond motifs is 1. The number of unbranched alkanes of at least 4 members (excludes halogenated alkanes) is 1. The molecule has 1 aromatic heterocycles. The SMILES string of the molecule is CCCCC1CCCCCCCC(CCC)c2cncnc21. The molecule has 1 aliphatic rings. The average Bonchev–Trinajstić information content (AvgIpc) is 2.58. The van der Waals surface area contributed by atoms with Gasteiger partial charge in [0.15, 0.2) is 0 Å². The fourth-order valence-electron chi connectivity index (χ4n) is 3.99. The third-order valence-electron chi connectivity index (χ3n) is 5.25. The second kappa shape index (κ2) is 9.97. The molecule has 2 nitrogen and oxygen atoms in total. The predicted octanol–water partition coefficient (Wildman–Crippen LogP) is 6.38. The average molecular weight is 303 g/mol. The van der Waals surface area contributed by atoms with Gasteiger partial charge in [-0.15, -0.1) is 0 Å². The van der Waals surface area contributed by atoms with E-state index in [0.717, 1.165) is 0 Å². The van der Waals surface area contributed by atoms with Gasteiger partial charge in [-0.25, -0.2) is 9.97 Å². The molecule has 0 spiro atoms. The van der Waals surface area contributed by atoms with Crippen LogP contribution in [0.15, 0.2) is 12.5 Å². The molecule has 1 aromatic rings. The van der Waals surface area contributed by atoms with Crippen molar-refractivity contribution in [1.29, 1.82) is 0 Å². The topological polar surface area (TPSA) is 25.8 Å². The Morgan fingerprint density at radius 1 is 0.909 bits per heavy atom. The molecule has 0 N–H and O–H groups in total. The summed E-state index contributed by atoms with van der Waals surface area (Å²) in [6, 6.07) is 0. The van der Waals surface area contributed by atoms with Gasteiger partial charge in [-0.3, -0.25) is 0 Å². The molecule has 0 aliphatic heterocycles. The van der Waals surface area contributed by atoms with Crippen molar-refractivity contribution in [2.45, 2.75) is 103 Å². The van der Waals surface area contributed by atoms with E-state index in [1.807, 2.05) is 0 Å². The summed E-state index contributed by atoms with van der Waals surface area (Å²) in [5.41, 5.74) is 2.87. The van der Waals surface area contributed by atoms with Gasteiger partial charge < -0.3 is 0 Å². The van der Waals surface area contributed by atoms with E-state index in [0.29, 0.717) is 11.8 Å². The standard InChI is InChI=1S/C20H34N2/c1-3-5-12-18-14-10-8-6-7-9-13-17(11-4-2)19-15-21-16-22-20(18)19/h15-18H,3-14H2,1-2H3. The summed E-state index contributed by atoms with van der Waals surface area (Å²) in [7, 11) is 0. The Balaban J connectivity index is 2.27. The molecule has 2 atom stereocenters. The maximum Gasteiger partial charge on any atom is 0.115 e. The zero-order valence-corrected chi connectivity index (χ0v) is 14.7. The van der Waals surface area contributed by atoms with Crippen molar-refractivity contribution in [3.63, 3.8) is 0 Å². The third kappa shape index (κ3) is 5.07. The minimum Gasteiger partial charge on any atom is -0.245 e. The first kappa shape index (κ1) is 17.4. The molecule has 0 radical (unpaired) electrons. The van der Waals surface area contributed by atoms with Crippen molar-refractivity contribution in [1.82, 2.24) is 9.97 Å². The van der Waals surface area contributed by atoms with Gasteiger partial charge in [0, 0.05) is 12.1 Å². The molecule has 1 aliphatic carbocycles. The van der Waals surface area contributed by atoms with Crippen LogP contribution in [0.3, 0.4) is 0 Å². The fourth-order valence-corrected chi connectivity index (χ4v) is 3.99. The number of nitrogens with zero attached hydrogens (tertiary/aromatic N) is 2. The molecule has 0 saturated carbocycles. The Morgan fingerprint density at radius 2 is 1.64 bits per heavy atom. The van der Waals surface area contributed by atoms with Crippen LogP contribution in [0.4, 0.5) is 0 Å². The third-order valence-corrected chi connectivity index (χ3v) is 5.25. The van der Waals surface area contributed by atoms with Crippen molar-refractivity contribution in [2.75, 3.05) is 0 Å². The lowest BCUT2D eigenvalue weighted by Gasteiger charge is -2.23. The van der Waals surface area contributed by atoms with Crippen LogP contribution in [0.25, 0.3) is 0 Å². The van der Waals surface area contributed by atoms with E-state index in [-0.39, 0.29) is 0 Å². The van der Waals surface area contributed by atoms with E-state index >= 15 is 0 Å². The first-order valence-corrected chi connectivity index (χ1v) is 9.66. The molecule has 124 valence electrons. The number of rotatable bonds is 5. The largest absolute Gasteiger partial charge is 0.245 e. The maximum absolute atomic E-state index is 4.78. The van der Waals surface area contributed by atoms with Crippen LogP contribution >= 0.6 is 0 Å². The summed E-state index contributed by atoms with van der Waals surface area (Å²) < 4.78 is 0. The van der Waals surface area contributed by atoms with Gasteiger partial charge >= 0.3 is 0 Å². The molecule has 1 heterocycles. The summed E-state index contributed by atoms with van der Waals surface area (Å²) in [4.78, 5) is 9.16. The van der Waals surface area contributed by atoms with Crippen LogP contribution in [-0.4, -0.2) is 9.97 Å². The van der Waals surface area contributed by atoms with Gasteiger partial charge in [0.2, 0.25) is 0 Å². The van der Waals surface area contributed by atoms with Crippen LogP contribution < -0.4 is 0 Å². The van der Waals surface area contributed by atoms with Gasteiger partial charge in [0.1, 0.15) is 6.33 Å². The molecule has 0 bridgehead atoms. The Kier molecular flexibility index (Phi) is 7.90. The monoisotopic (exact) mass is 302 g/mol. The maximum atomic E-state index is 4.78. The van der Waals surface area contributed by atoms with E-state index in [2.05, 4.69) is 25.0 Å². The molecule has 0 aromatic carbocycles. The summed E-state index contributed by atoms with van der Waals surface area (Å²) in [6.45, 7) is 4.61. The van der Waals surface area contributed by atoms with Crippen LogP contribution in [0.5, 0.6) is 0 Å². The zero-order chi connectivity index (χ0) is 15.6. The van der Waals surface area contributed by atoms with E-state index in [1.54, 1.807) is 6.33 Å². The summed E-state index contributed by atoms with van der Waals surface area (Å²) in [5, 5.41) is 0. The lowest BCUT2D eigenvalue weighted by molar-refractivity contribution is 0.495. The highest BCUT2D eigenvalue weighted by molar-refractivity contribution is 5.24. The first-order valence-electron chi connectivity index (χ1n) is 9.66. The van der Waals surface area contributed by atoms with Crippen molar-refractivity contribution in [3.05, 3.63) is 23.8 Å². The van der Waals surface area contributed by atoms with Crippen molar-refractivity contribution in [3.8, 4) is 0 Å². The number of hydrogen-bond acceptors (Lipinski definition) is 2. The van der Waals surface area contributed by atoms with Crippen molar-refractivity contribution in [2.24, 2.45) is 0 Å². The molecule has 0 fully saturated rings. The predicted molar refractivity (Wildman–Crippen MR) is 94.3 cm³/mol. The van der Waals surface area contributed by atoms with Crippen LogP contribution in [0.1, 0.15) is 114 Å². The second-order valence-electron chi connectivity index (χ2n) is 7.03. The van der Waals surface area contributed by atoms with Crippen molar-refractivity contribution < 1.29 is 0 Å². The minimum atomic E-state index is 0.662. The molecule has 2 heteroatoms. The fraction of sp³-hybridized carbons (Fsp3) is 0.800. The lowest BCUT2D eigenvalue weighted by atomic mass is 9.84. The van der Waals surface area contributed by atoms with Crippen LogP contribution in [-0.2, 0) is 0 Å². The Hall–Kier alpha value is -0.920.